The van der Waals surface area contributed by atoms with Crippen LogP contribution in [0.1, 0.15) is 46.0 Å². The van der Waals surface area contributed by atoms with E-state index >= 15 is 0 Å². The molecule has 0 radical (unpaired) electrons. The van der Waals surface area contributed by atoms with Crippen LogP contribution < -0.4 is 4.90 Å². The normalized spacial score (nSPS) is 19.7. The van der Waals surface area contributed by atoms with Crippen molar-refractivity contribution in [1.29, 1.82) is 0 Å². The van der Waals surface area contributed by atoms with Gasteiger partial charge in [0, 0.05) is 22.2 Å². The fourth-order valence-corrected chi connectivity index (χ4v) is 5.71. The van der Waals surface area contributed by atoms with Crippen LogP contribution in [0.15, 0.2) is 53.4 Å². The molecule has 0 spiro atoms. The van der Waals surface area contributed by atoms with Crippen LogP contribution in [0.5, 0.6) is 0 Å². The molecule has 1 aromatic heterocycles. The maximum Gasteiger partial charge on any atom is 0.300 e. The van der Waals surface area contributed by atoms with Gasteiger partial charge in [-0.2, -0.15) is 0 Å². The number of amides is 1. The second kappa shape index (κ2) is 8.23. The number of rotatable bonds is 3. The van der Waals surface area contributed by atoms with Gasteiger partial charge in [0.1, 0.15) is 11.8 Å². The molecule has 33 heavy (non-hydrogen) atoms. The van der Waals surface area contributed by atoms with E-state index in [1.54, 1.807) is 6.07 Å². The van der Waals surface area contributed by atoms with Crippen LogP contribution in [0.2, 0.25) is 0 Å². The van der Waals surface area contributed by atoms with Crippen molar-refractivity contribution in [2.75, 3.05) is 4.90 Å². The van der Waals surface area contributed by atoms with Crippen molar-refractivity contribution in [3.05, 3.63) is 92.2 Å². The van der Waals surface area contributed by atoms with Gasteiger partial charge in [0.15, 0.2) is 11.6 Å². The third-order valence-electron chi connectivity index (χ3n) is 6.40. The topological polar surface area (TPSA) is 57.6 Å². The number of hydrogen-bond donors (Lipinski definition) is 1. The average molecular weight is 466 g/mol. The summed E-state index contributed by atoms with van der Waals surface area (Å²) in [6, 6.07) is 9.60. The lowest BCUT2D eigenvalue weighted by atomic mass is 9.89. The number of aliphatic hydroxyl groups excluding tert-OH is 1. The standard InChI is InChI=1S/C26H21F2NO3S/c1-14-10-11-33-25(14)22-21(23(30)17-7-6-15-4-2-3-5-16(15)12-17)24(31)26(32)29(22)18-8-9-19(27)20(28)13-18/h6-13,22,30H,2-5H2,1H3/b23-21-. The van der Waals surface area contributed by atoms with E-state index in [1.165, 1.54) is 23.0 Å². The van der Waals surface area contributed by atoms with E-state index in [4.69, 9.17) is 0 Å². The first-order valence-electron chi connectivity index (χ1n) is 10.8. The second-order valence-corrected chi connectivity index (χ2v) is 9.37. The summed E-state index contributed by atoms with van der Waals surface area (Å²) in [4.78, 5) is 28.1. The number of carbonyl (C=O) groups excluding carboxylic acids is 2. The van der Waals surface area contributed by atoms with E-state index in [0.717, 1.165) is 53.8 Å². The second-order valence-electron chi connectivity index (χ2n) is 8.43. The Bertz CT molecular complexity index is 1330. The van der Waals surface area contributed by atoms with E-state index in [0.29, 0.717) is 10.4 Å². The highest BCUT2D eigenvalue weighted by Gasteiger charge is 2.48. The Labute approximate surface area is 193 Å². The summed E-state index contributed by atoms with van der Waals surface area (Å²) < 4.78 is 27.6. The highest BCUT2D eigenvalue weighted by Crippen LogP contribution is 2.45. The van der Waals surface area contributed by atoms with E-state index in [-0.39, 0.29) is 17.0 Å². The number of Topliss-reactive ketones (excluding diaryl/α,β-unsaturated/α-hetero) is 1. The van der Waals surface area contributed by atoms with Crippen LogP contribution in [0, 0.1) is 18.6 Å². The zero-order valence-corrected chi connectivity index (χ0v) is 18.7. The lowest BCUT2D eigenvalue weighted by Gasteiger charge is -2.25. The molecule has 5 rings (SSSR count). The number of aliphatic hydroxyl groups is 1. The first kappa shape index (κ1) is 21.5. The molecule has 4 nitrogen and oxygen atoms in total. The molecule has 1 N–H and O–H groups in total. The number of hydrogen-bond acceptors (Lipinski definition) is 4. The van der Waals surface area contributed by atoms with Crippen LogP contribution in [-0.2, 0) is 22.4 Å². The van der Waals surface area contributed by atoms with Crippen molar-refractivity contribution in [1.82, 2.24) is 0 Å². The van der Waals surface area contributed by atoms with Gasteiger partial charge in [-0.05, 0) is 78.9 Å². The quantitative estimate of drug-likeness (QED) is 0.300. The predicted molar refractivity (Wildman–Crippen MR) is 123 cm³/mol. The number of benzene rings is 2. The maximum absolute atomic E-state index is 14.0. The monoisotopic (exact) mass is 465 g/mol. The van der Waals surface area contributed by atoms with Gasteiger partial charge in [-0.15, -0.1) is 11.3 Å². The van der Waals surface area contributed by atoms with Crippen molar-refractivity contribution in [3.8, 4) is 0 Å². The summed E-state index contributed by atoms with van der Waals surface area (Å²) in [6.45, 7) is 1.84. The van der Waals surface area contributed by atoms with Crippen molar-refractivity contribution in [2.45, 2.75) is 38.6 Å². The van der Waals surface area contributed by atoms with Gasteiger partial charge in [0.05, 0.1) is 5.57 Å². The molecular weight excluding hydrogens is 444 g/mol. The molecule has 1 atom stereocenters. The van der Waals surface area contributed by atoms with E-state index in [1.807, 2.05) is 30.5 Å². The molecule has 1 aliphatic carbocycles. The van der Waals surface area contributed by atoms with Crippen LogP contribution in [-0.4, -0.2) is 16.8 Å². The number of carbonyl (C=O) groups is 2. The zero-order chi connectivity index (χ0) is 23.3. The fraction of sp³-hybridized carbons (Fsp3) is 0.231. The third kappa shape index (κ3) is 3.56. The summed E-state index contributed by atoms with van der Waals surface area (Å²) in [6.07, 6.45) is 4.06. The number of fused-ring (bicyclic) bond motifs is 1. The Balaban J connectivity index is 1.70. The molecule has 1 aliphatic heterocycles. The highest BCUT2D eigenvalue weighted by molar-refractivity contribution is 7.10. The molecule has 7 heteroatoms. The van der Waals surface area contributed by atoms with Crippen LogP contribution in [0.4, 0.5) is 14.5 Å². The zero-order valence-electron chi connectivity index (χ0n) is 17.9. The van der Waals surface area contributed by atoms with Crippen molar-refractivity contribution in [3.63, 3.8) is 0 Å². The first-order chi connectivity index (χ1) is 15.9. The lowest BCUT2D eigenvalue weighted by Crippen LogP contribution is -2.29. The number of thiophene rings is 1. The van der Waals surface area contributed by atoms with Crippen LogP contribution in [0.25, 0.3) is 5.76 Å². The molecule has 0 saturated carbocycles. The van der Waals surface area contributed by atoms with Crippen molar-refractivity contribution < 1.29 is 23.5 Å². The van der Waals surface area contributed by atoms with Gasteiger partial charge in [0.25, 0.3) is 11.7 Å². The molecule has 1 amide bonds. The SMILES string of the molecule is Cc1ccsc1C1/C(=C(/O)c2ccc3c(c2)CCCC3)C(=O)C(=O)N1c1ccc(F)c(F)c1. The Hall–Kier alpha value is -3.32. The summed E-state index contributed by atoms with van der Waals surface area (Å²) in [5.41, 5.74) is 3.66. The predicted octanol–water partition coefficient (Wildman–Crippen LogP) is 5.84. The van der Waals surface area contributed by atoms with Crippen molar-refractivity contribution >= 4 is 34.5 Å². The Morgan fingerprint density at radius 3 is 2.45 bits per heavy atom. The summed E-state index contributed by atoms with van der Waals surface area (Å²) >= 11 is 1.34. The van der Waals surface area contributed by atoms with E-state index in [2.05, 4.69) is 0 Å². The molecular formula is C26H21F2NO3S. The molecule has 2 heterocycles. The molecule has 3 aromatic rings. The van der Waals surface area contributed by atoms with Gasteiger partial charge in [0.2, 0.25) is 0 Å². The lowest BCUT2D eigenvalue weighted by molar-refractivity contribution is -0.132. The molecule has 2 aromatic carbocycles. The minimum Gasteiger partial charge on any atom is -0.507 e. The van der Waals surface area contributed by atoms with Gasteiger partial charge in [-0.25, -0.2) is 8.78 Å². The molecule has 1 fully saturated rings. The average Bonchev–Trinajstić information content (AvgIpc) is 3.35. The summed E-state index contributed by atoms with van der Waals surface area (Å²) in [5, 5.41) is 13.1. The third-order valence-corrected chi connectivity index (χ3v) is 7.47. The first-order valence-corrected chi connectivity index (χ1v) is 11.7. The highest BCUT2D eigenvalue weighted by atomic mass is 32.1. The molecule has 1 unspecified atom stereocenters. The number of ketones is 1. The van der Waals surface area contributed by atoms with Crippen LogP contribution >= 0.6 is 11.3 Å². The Kier molecular flexibility index (Phi) is 5.37. The van der Waals surface area contributed by atoms with Crippen LogP contribution in [0.3, 0.4) is 0 Å². The molecule has 168 valence electrons. The van der Waals surface area contributed by atoms with Gasteiger partial charge >= 0.3 is 0 Å². The van der Waals surface area contributed by atoms with E-state index in [9.17, 15) is 23.5 Å². The van der Waals surface area contributed by atoms with Gasteiger partial charge in [-0.1, -0.05) is 12.1 Å². The maximum atomic E-state index is 14.0. The van der Waals surface area contributed by atoms with Gasteiger partial charge in [-0.3, -0.25) is 14.5 Å². The number of halogens is 2. The summed E-state index contributed by atoms with van der Waals surface area (Å²) in [5.74, 6) is -4.17. The van der Waals surface area contributed by atoms with Crippen molar-refractivity contribution in [2.24, 2.45) is 0 Å². The molecule has 0 bridgehead atoms. The smallest absolute Gasteiger partial charge is 0.300 e. The number of nitrogens with zero attached hydrogens (tertiary/aromatic N) is 1. The number of anilines is 1. The minimum atomic E-state index is -1.12. The Morgan fingerprint density at radius 2 is 1.76 bits per heavy atom. The number of aryl methyl sites for hydroxylation is 3. The fourth-order valence-electron chi connectivity index (χ4n) is 4.68. The summed E-state index contributed by atoms with van der Waals surface area (Å²) in [7, 11) is 0. The largest absolute Gasteiger partial charge is 0.507 e. The minimum absolute atomic E-state index is 0.0500. The van der Waals surface area contributed by atoms with E-state index < -0.39 is 29.4 Å². The molecule has 2 aliphatic rings. The molecule has 1 saturated heterocycles. The Morgan fingerprint density at radius 1 is 1.00 bits per heavy atom. The van der Waals surface area contributed by atoms with Gasteiger partial charge < -0.3 is 5.11 Å².